The first kappa shape index (κ1) is 16.5. The van der Waals surface area contributed by atoms with E-state index >= 15 is 0 Å². The lowest BCUT2D eigenvalue weighted by molar-refractivity contribution is 0.140. The maximum absolute atomic E-state index is 6.18. The molecule has 1 unspecified atom stereocenters. The molecule has 118 valence electrons. The van der Waals surface area contributed by atoms with Gasteiger partial charge >= 0.3 is 0 Å². The van der Waals surface area contributed by atoms with Crippen molar-refractivity contribution in [3.05, 3.63) is 34.9 Å². The minimum absolute atomic E-state index is 0.461. The van der Waals surface area contributed by atoms with Gasteiger partial charge in [0, 0.05) is 0 Å². The lowest BCUT2D eigenvalue weighted by Gasteiger charge is -2.39. The van der Waals surface area contributed by atoms with Crippen molar-refractivity contribution in [2.24, 2.45) is 23.0 Å². The molecule has 1 aromatic carbocycles. The van der Waals surface area contributed by atoms with Gasteiger partial charge in [0.25, 0.3) is 0 Å². The minimum atomic E-state index is 0.461. The summed E-state index contributed by atoms with van der Waals surface area (Å²) in [6, 6.07) is 6.83. The van der Waals surface area contributed by atoms with Gasteiger partial charge in [-0.1, -0.05) is 44.5 Å². The van der Waals surface area contributed by atoms with Crippen molar-refractivity contribution in [1.29, 1.82) is 0 Å². The Labute approximate surface area is 131 Å². The second-order valence-electron chi connectivity index (χ2n) is 8.18. The van der Waals surface area contributed by atoms with Crippen LogP contribution in [0.4, 0.5) is 0 Å². The molecule has 1 aliphatic carbocycles. The van der Waals surface area contributed by atoms with Crippen LogP contribution in [0.1, 0.15) is 69.1 Å². The number of benzene rings is 1. The summed E-state index contributed by atoms with van der Waals surface area (Å²) < 4.78 is 0. The quantitative estimate of drug-likeness (QED) is 0.812. The zero-order valence-corrected chi connectivity index (χ0v) is 14.6. The van der Waals surface area contributed by atoms with E-state index < -0.39 is 0 Å². The van der Waals surface area contributed by atoms with Crippen LogP contribution in [0.3, 0.4) is 0 Å². The average molecular weight is 287 g/mol. The van der Waals surface area contributed by atoms with E-state index in [2.05, 4.69) is 52.8 Å². The monoisotopic (exact) mass is 287 g/mol. The van der Waals surface area contributed by atoms with Crippen molar-refractivity contribution >= 4 is 0 Å². The highest BCUT2D eigenvalue weighted by atomic mass is 14.6. The molecule has 1 aromatic rings. The van der Waals surface area contributed by atoms with Gasteiger partial charge in [0.05, 0.1) is 0 Å². The van der Waals surface area contributed by atoms with Gasteiger partial charge in [0.1, 0.15) is 0 Å². The summed E-state index contributed by atoms with van der Waals surface area (Å²) in [6.45, 7) is 12.4. The van der Waals surface area contributed by atoms with Crippen LogP contribution in [0.15, 0.2) is 18.2 Å². The van der Waals surface area contributed by atoms with E-state index in [-0.39, 0.29) is 0 Å². The molecule has 1 saturated carbocycles. The van der Waals surface area contributed by atoms with Crippen LogP contribution in [-0.2, 0) is 0 Å². The van der Waals surface area contributed by atoms with Crippen molar-refractivity contribution in [2.45, 2.75) is 66.2 Å². The van der Waals surface area contributed by atoms with Gasteiger partial charge in [-0.05, 0) is 80.4 Å². The number of hydrogen-bond acceptors (Lipinski definition) is 1. The van der Waals surface area contributed by atoms with Crippen LogP contribution < -0.4 is 5.73 Å². The Bertz CT molecular complexity index is 461. The minimum Gasteiger partial charge on any atom is -0.330 e. The van der Waals surface area contributed by atoms with Gasteiger partial charge in [0.2, 0.25) is 0 Å². The van der Waals surface area contributed by atoms with Crippen molar-refractivity contribution in [3.8, 4) is 0 Å². The molecule has 1 aliphatic rings. The van der Waals surface area contributed by atoms with Gasteiger partial charge in [-0.3, -0.25) is 0 Å². The molecule has 21 heavy (non-hydrogen) atoms. The van der Waals surface area contributed by atoms with Gasteiger partial charge in [-0.15, -0.1) is 0 Å². The zero-order valence-electron chi connectivity index (χ0n) is 14.6. The molecule has 1 heteroatoms. The summed E-state index contributed by atoms with van der Waals surface area (Å²) in [5.74, 6) is 2.20. The van der Waals surface area contributed by atoms with Crippen molar-refractivity contribution in [2.75, 3.05) is 6.54 Å². The van der Waals surface area contributed by atoms with Gasteiger partial charge in [-0.25, -0.2) is 0 Å². The average Bonchev–Trinajstić information content (AvgIpc) is 2.43. The lowest BCUT2D eigenvalue weighted by Crippen LogP contribution is -2.30. The first-order valence-electron chi connectivity index (χ1n) is 8.60. The van der Waals surface area contributed by atoms with E-state index in [4.69, 9.17) is 5.73 Å². The van der Waals surface area contributed by atoms with Crippen LogP contribution in [-0.4, -0.2) is 6.54 Å². The molecule has 1 fully saturated rings. The first-order valence-corrected chi connectivity index (χ1v) is 8.60. The summed E-state index contributed by atoms with van der Waals surface area (Å²) in [6.07, 6.45) is 5.43. The lowest BCUT2D eigenvalue weighted by atomic mass is 9.66. The second kappa shape index (κ2) is 6.52. The molecule has 0 heterocycles. The molecule has 1 atom stereocenters. The summed E-state index contributed by atoms with van der Waals surface area (Å²) in [5, 5.41) is 0. The molecule has 2 N–H and O–H groups in total. The van der Waals surface area contributed by atoms with Crippen molar-refractivity contribution < 1.29 is 0 Å². The SMILES string of the molecule is Cc1ccc(C)c(C(CN)C2CCC(C(C)(C)C)CC2)c1. The Morgan fingerprint density at radius 1 is 1.10 bits per heavy atom. The summed E-state index contributed by atoms with van der Waals surface area (Å²) >= 11 is 0. The predicted molar refractivity (Wildman–Crippen MR) is 92.6 cm³/mol. The summed E-state index contributed by atoms with van der Waals surface area (Å²) in [7, 11) is 0. The van der Waals surface area contributed by atoms with Crippen LogP contribution in [0.5, 0.6) is 0 Å². The van der Waals surface area contributed by atoms with Crippen LogP contribution >= 0.6 is 0 Å². The molecule has 0 amide bonds. The van der Waals surface area contributed by atoms with E-state index in [1.807, 2.05) is 0 Å². The van der Waals surface area contributed by atoms with Gasteiger partial charge < -0.3 is 5.73 Å². The topological polar surface area (TPSA) is 26.0 Å². The fourth-order valence-corrected chi connectivity index (χ4v) is 4.12. The van der Waals surface area contributed by atoms with Crippen molar-refractivity contribution in [3.63, 3.8) is 0 Å². The van der Waals surface area contributed by atoms with E-state index in [0.717, 1.165) is 18.4 Å². The third kappa shape index (κ3) is 3.88. The number of nitrogens with two attached hydrogens (primary N) is 1. The molecular weight excluding hydrogens is 254 g/mol. The maximum atomic E-state index is 6.18. The van der Waals surface area contributed by atoms with Gasteiger partial charge in [-0.2, -0.15) is 0 Å². The van der Waals surface area contributed by atoms with E-state index in [9.17, 15) is 0 Å². The number of hydrogen-bond donors (Lipinski definition) is 1. The Morgan fingerprint density at radius 3 is 2.24 bits per heavy atom. The molecule has 0 radical (unpaired) electrons. The normalized spacial score (nSPS) is 24.9. The third-order valence-corrected chi connectivity index (χ3v) is 5.65. The fourth-order valence-electron chi connectivity index (χ4n) is 4.12. The van der Waals surface area contributed by atoms with Gasteiger partial charge in [0.15, 0.2) is 0 Å². The van der Waals surface area contributed by atoms with Crippen LogP contribution in [0, 0.1) is 31.1 Å². The predicted octanol–water partition coefficient (Wildman–Crippen LogP) is 5.20. The van der Waals surface area contributed by atoms with Crippen LogP contribution in [0.25, 0.3) is 0 Å². The molecule has 2 rings (SSSR count). The first-order chi connectivity index (χ1) is 9.82. The zero-order chi connectivity index (χ0) is 15.6. The summed E-state index contributed by atoms with van der Waals surface area (Å²) in [4.78, 5) is 0. The van der Waals surface area contributed by atoms with Crippen LogP contribution in [0.2, 0.25) is 0 Å². The molecular formula is C20H33N. The number of rotatable bonds is 3. The highest BCUT2D eigenvalue weighted by molar-refractivity contribution is 5.34. The molecule has 0 aromatic heterocycles. The van der Waals surface area contributed by atoms with Crippen molar-refractivity contribution in [1.82, 2.24) is 0 Å². The molecule has 0 bridgehead atoms. The third-order valence-electron chi connectivity index (χ3n) is 5.65. The molecule has 0 spiro atoms. The highest BCUT2D eigenvalue weighted by Crippen LogP contribution is 2.44. The smallest absolute Gasteiger partial charge is 0.000546 e. The summed E-state index contributed by atoms with van der Waals surface area (Å²) in [5.41, 5.74) is 10.9. The second-order valence-corrected chi connectivity index (χ2v) is 8.18. The Hall–Kier alpha value is -0.820. The highest BCUT2D eigenvalue weighted by Gasteiger charge is 2.33. The molecule has 1 nitrogen and oxygen atoms in total. The Kier molecular flexibility index (Phi) is 5.14. The van der Waals surface area contributed by atoms with E-state index in [1.54, 1.807) is 0 Å². The largest absolute Gasteiger partial charge is 0.330 e. The standard InChI is InChI=1S/C20H33N/c1-14-6-7-15(2)18(12-14)19(13-21)16-8-10-17(11-9-16)20(3,4)5/h6-7,12,16-17,19H,8-11,13,21H2,1-5H3. The van der Waals surface area contributed by atoms with E-state index in [1.165, 1.54) is 42.4 Å². The Balaban J connectivity index is 2.11. The molecule has 0 saturated heterocycles. The van der Waals surface area contributed by atoms with E-state index in [0.29, 0.717) is 11.3 Å². The number of aryl methyl sites for hydroxylation is 2. The Morgan fingerprint density at radius 2 is 1.71 bits per heavy atom. The molecule has 0 aliphatic heterocycles. The fraction of sp³-hybridized carbons (Fsp3) is 0.700. The maximum Gasteiger partial charge on any atom is -0.000546 e.